The predicted molar refractivity (Wildman–Crippen MR) is 95.5 cm³/mol. The summed E-state index contributed by atoms with van der Waals surface area (Å²) < 4.78 is 4.80. The molecule has 4 rings (SSSR count). The number of pyridine rings is 1. The van der Waals surface area contributed by atoms with Gasteiger partial charge in [0, 0.05) is 28.7 Å². The van der Waals surface area contributed by atoms with Gasteiger partial charge in [0.1, 0.15) is 11.2 Å². The molecule has 0 amide bonds. The molecule has 0 bridgehead atoms. The number of aromatic amines is 1. The molecule has 3 aromatic heterocycles. The van der Waals surface area contributed by atoms with Crippen molar-refractivity contribution < 1.29 is 9.53 Å². The minimum atomic E-state index is -0.400. The fraction of sp³-hybridized carbons (Fsp3) is 0.118. The van der Waals surface area contributed by atoms with Crippen LogP contribution in [0.1, 0.15) is 10.4 Å². The zero-order chi connectivity index (χ0) is 17.4. The Labute approximate surface area is 146 Å². The summed E-state index contributed by atoms with van der Waals surface area (Å²) in [5.74, 6) is -0.400. The molecular weight excluding hydrogens is 338 g/mol. The molecule has 0 unspecified atom stereocenters. The molecule has 0 aliphatic carbocycles. The number of benzene rings is 1. The van der Waals surface area contributed by atoms with E-state index < -0.39 is 5.97 Å². The third-order valence-corrected chi connectivity index (χ3v) is 4.45. The molecule has 1 N–H and O–H groups in total. The molecule has 0 fully saturated rings. The van der Waals surface area contributed by atoms with Crippen molar-refractivity contribution in [3.8, 4) is 11.3 Å². The van der Waals surface area contributed by atoms with Gasteiger partial charge < -0.3 is 4.74 Å². The Morgan fingerprint density at radius 3 is 2.80 bits per heavy atom. The fourth-order valence-electron chi connectivity index (χ4n) is 2.69. The second-order valence-electron chi connectivity index (χ2n) is 5.29. The number of fused-ring (bicyclic) bond motifs is 3. The van der Waals surface area contributed by atoms with Crippen LogP contribution in [-0.2, 0) is 4.74 Å². The minimum Gasteiger partial charge on any atom is -0.465 e. The summed E-state index contributed by atoms with van der Waals surface area (Å²) in [7, 11) is 1.36. The van der Waals surface area contributed by atoms with Gasteiger partial charge in [-0.3, -0.25) is 5.10 Å². The van der Waals surface area contributed by atoms with Crippen molar-refractivity contribution in [1.82, 2.24) is 25.1 Å². The Morgan fingerprint density at radius 1 is 1.20 bits per heavy atom. The summed E-state index contributed by atoms with van der Waals surface area (Å²) in [4.78, 5) is 25.6. The summed E-state index contributed by atoms with van der Waals surface area (Å²) in [5, 5.41) is 9.21. The van der Waals surface area contributed by atoms with Crippen molar-refractivity contribution >= 4 is 39.5 Å². The first-order valence-electron chi connectivity index (χ1n) is 7.43. The number of rotatable bonds is 3. The molecule has 0 aliphatic heterocycles. The van der Waals surface area contributed by atoms with Crippen LogP contribution in [0, 0.1) is 0 Å². The van der Waals surface area contributed by atoms with E-state index in [1.807, 2.05) is 12.3 Å². The number of carbonyl (C=O) groups excluding carboxylic acids is 1. The van der Waals surface area contributed by atoms with Crippen molar-refractivity contribution in [2.45, 2.75) is 5.16 Å². The molecule has 3 heterocycles. The number of aromatic nitrogens is 5. The summed E-state index contributed by atoms with van der Waals surface area (Å²) in [6, 6.07) is 5.28. The Balaban J connectivity index is 2.08. The van der Waals surface area contributed by atoms with E-state index in [1.54, 1.807) is 30.7 Å². The van der Waals surface area contributed by atoms with Crippen LogP contribution in [0.3, 0.4) is 0 Å². The van der Waals surface area contributed by atoms with Crippen LogP contribution in [0.15, 0.2) is 41.9 Å². The molecule has 0 radical (unpaired) electrons. The Bertz CT molecular complexity index is 1100. The maximum absolute atomic E-state index is 11.8. The van der Waals surface area contributed by atoms with Gasteiger partial charge in [-0.25, -0.2) is 19.7 Å². The molecule has 124 valence electrons. The maximum atomic E-state index is 11.8. The first-order valence-corrected chi connectivity index (χ1v) is 8.65. The summed E-state index contributed by atoms with van der Waals surface area (Å²) >= 11 is 1.47. The predicted octanol–water partition coefficient (Wildman–Crippen LogP) is 3.08. The summed E-state index contributed by atoms with van der Waals surface area (Å²) in [6.45, 7) is 0. The van der Waals surface area contributed by atoms with Gasteiger partial charge in [0.15, 0.2) is 5.16 Å². The minimum absolute atomic E-state index is 0.400. The topological polar surface area (TPSA) is 93.7 Å². The van der Waals surface area contributed by atoms with Crippen molar-refractivity contribution in [2.75, 3.05) is 13.4 Å². The van der Waals surface area contributed by atoms with Gasteiger partial charge in [-0.2, -0.15) is 5.10 Å². The van der Waals surface area contributed by atoms with Gasteiger partial charge in [0.2, 0.25) is 0 Å². The van der Waals surface area contributed by atoms with E-state index in [2.05, 4.69) is 20.2 Å². The number of ether oxygens (including phenoxy) is 1. The third kappa shape index (κ3) is 2.60. The molecule has 7 nitrogen and oxygen atoms in total. The lowest BCUT2D eigenvalue weighted by atomic mass is 10.0. The standard InChI is InChI=1S/C17H13N5O2S/c1-24-16(23)9-3-4-11-12-8-18-17(25-2)22-15(12)14(21-13(11)5-9)10-6-19-20-7-10/h3-8H,1-2H3,(H,19,20). The summed E-state index contributed by atoms with van der Waals surface area (Å²) in [6.07, 6.45) is 7.17. The number of hydrogen-bond donors (Lipinski definition) is 1. The van der Waals surface area contributed by atoms with Crippen molar-refractivity contribution in [1.29, 1.82) is 0 Å². The van der Waals surface area contributed by atoms with Crippen LogP contribution in [-0.4, -0.2) is 44.5 Å². The van der Waals surface area contributed by atoms with Crippen LogP contribution >= 0.6 is 11.8 Å². The number of carbonyl (C=O) groups is 1. The smallest absolute Gasteiger partial charge is 0.337 e. The quantitative estimate of drug-likeness (QED) is 0.262. The van der Waals surface area contributed by atoms with Gasteiger partial charge >= 0.3 is 5.97 Å². The number of methoxy groups -OCH3 is 1. The lowest BCUT2D eigenvalue weighted by molar-refractivity contribution is 0.0601. The van der Waals surface area contributed by atoms with Crippen molar-refractivity contribution in [3.05, 3.63) is 42.4 Å². The number of esters is 1. The average molecular weight is 351 g/mol. The van der Waals surface area contributed by atoms with Gasteiger partial charge in [-0.1, -0.05) is 17.8 Å². The number of nitrogens with one attached hydrogen (secondary N) is 1. The van der Waals surface area contributed by atoms with E-state index in [1.165, 1.54) is 18.9 Å². The van der Waals surface area contributed by atoms with Crippen molar-refractivity contribution in [3.63, 3.8) is 0 Å². The molecule has 0 saturated heterocycles. The Morgan fingerprint density at radius 2 is 2.08 bits per heavy atom. The van der Waals surface area contributed by atoms with E-state index in [0.717, 1.165) is 21.9 Å². The molecule has 0 spiro atoms. The first-order chi connectivity index (χ1) is 12.2. The summed E-state index contributed by atoms with van der Waals surface area (Å²) in [5.41, 5.74) is 3.38. The number of thioether (sulfide) groups is 1. The SMILES string of the molecule is COC(=O)c1ccc2c(c1)nc(-c1cn[nH]c1)c1nc(SC)ncc12. The van der Waals surface area contributed by atoms with Crippen LogP contribution in [0.25, 0.3) is 33.1 Å². The monoisotopic (exact) mass is 351 g/mol. The normalized spacial score (nSPS) is 11.1. The zero-order valence-corrected chi connectivity index (χ0v) is 14.3. The molecule has 25 heavy (non-hydrogen) atoms. The molecular formula is C17H13N5O2S. The van der Waals surface area contributed by atoms with E-state index in [4.69, 9.17) is 9.72 Å². The van der Waals surface area contributed by atoms with Crippen molar-refractivity contribution in [2.24, 2.45) is 0 Å². The van der Waals surface area contributed by atoms with E-state index in [9.17, 15) is 4.79 Å². The van der Waals surface area contributed by atoms with Crippen LogP contribution in [0.5, 0.6) is 0 Å². The molecule has 0 atom stereocenters. The largest absolute Gasteiger partial charge is 0.465 e. The highest BCUT2D eigenvalue weighted by atomic mass is 32.2. The number of hydrogen-bond acceptors (Lipinski definition) is 7. The highest BCUT2D eigenvalue weighted by Crippen LogP contribution is 2.31. The second-order valence-corrected chi connectivity index (χ2v) is 6.06. The lowest BCUT2D eigenvalue weighted by Crippen LogP contribution is -2.01. The maximum Gasteiger partial charge on any atom is 0.337 e. The number of H-pyrrole nitrogens is 1. The molecule has 0 saturated carbocycles. The molecule has 0 aliphatic rings. The van der Waals surface area contributed by atoms with Gasteiger partial charge in [0.05, 0.1) is 24.4 Å². The molecule has 1 aromatic carbocycles. The van der Waals surface area contributed by atoms with Gasteiger partial charge in [-0.05, 0) is 18.4 Å². The lowest BCUT2D eigenvalue weighted by Gasteiger charge is -2.09. The van der Waals surface area contributed by atoms with E-state index >= 15 is 0 Å². The Kier molecular flexibility index (Phi) is 3.81. The van der Waals surface area contributed by atoms with Crippen LogP contribution in [0.2, 0.25) is 0 Å². The third-order valence-electron chi connectivity index (χ3n) is 3.89. The number of nitrogens with zero attached hydrogens (tertiary/aromatic N) is 4. The first kappa shape index (κ1) is 15.5. The zero-order valence-electron chi connectivity index (χ0n) is 13.5. The van der Waals surface area contributed by atoms with Gasteiger partial charge in [0.25, 0.3) is 0 Å². The highest BCUT2D eigenvalue weighted by molar-refractivity contribution is 7.98. The average Bonchev–Trinajstić information content (AvgIpc) is 3.20. The highest BCUT2D eigenvalue weighted by Gasteiger charge is 2.15. The molecule has 4 aromatic rings. The second kappa shape index (κ2) is 6.14. The Hall–Kier alpha value is -3.00. The molecule has 8 heteroatoms. The van der Waals surface area contributed by atoms with Crippen LogP contribution in [0.4, 0.5) is 0 Å². The van der Waals surface area contributed by atoms with Gasteiger partial charge in [-0.15, -0.1) is 0 Å². The van der Waals surface area contributed by atoms with E-state index in [-0.39, 0.29) is 0 Å². The van der Waals surface area contributed by atoms with Crippen LogP contribution < -0.4 is 0 Å². The van der Waals surface area contributed by atoms with E-state index in [0.29, 0.717) is 21.9 Å². The fourth-order valence-corrected chi connectivity index (χ4v) is 3.03.